The molecule has 4 aromatic rings. The number of hydrogen-bond acceptors (Lipinski definition) is 13. The normalized spacial score (nSPS) is 35.1. The molecular weight excluding hydrogens is 1240 g/mol. The van der Waals surface area contributed by atoms with Gasteiger partial charge in [-0.25, -0.2) is 4.79 Å². The molecule has 520 valence electrons. The number of fused-ring (bicyclic) bond motifs is 7. The van der Waals surface area contributed by atoms with Gasteiger partial charge in [0.05, 0.1) is 73.7 Å². The molecule has 0 aromatic heterocycles. The van der Waals surface area contributed by atoms with Crippen LogP contribution in [0.25, 0.3) is 0 Å². The van der Waals surface area contributed by atoms with Gasteiger partial charge in [-0.3, -0.25) is 9.69 Å². The van der Waals surface area contributed by atoms with E-state index in [2.05, 4.69) is 190 Å². The Hall–Kier alpha value is -4.93. The Kier molecular flexibility index (Phi) is 20.9. The van der Waals surface area contributed by atoms with Crippen LogP contribution in [-0.4, -0.2) is 154 Å². The maximum Gasteiger partial charge on any atom is 0.412 e. The minimum atomic E-state index is -3.40. The van der Waals surface area contributed by atoms with Gasteiger partial charge in [0.15, 0.2) is 0 Å². The standard InChI is InChI=1S/C80H109NO13Si2/c1-50-42-57-38-40-65-51(2)43-56(85-65)37-36-54(82)46-70-72(93-95(78(8,9)10,60-28-20-16-21-29-60)61-30-22-17-23-31-61)73-74(90-70)75(94-96(79(11,12)13,62-32-24-18-25-33-62)63-34-26-19-27-35-63)71-66(89-73)41-39-58(87-71)44-55(83)45-64-53(4)67(88-69(64)48-68(86-57)52(50)3)47-59-49-81(80(14,15)91-59)76(84)92-77(5,6)7/h16-37,50,53-54,56-59,64-75,82H,2-3,38-49H2,1,4-15H3/b37-36+/t50-,53-,54?,56+,57+,58-,59+,64-,65?,66+,67-,68-,69?,70-,71+,72+,73+,74-,75+/m1/s1. The molecule has 1 N–H and O–H groups in total. The summed E-state index contributed by atoms with van der Waals surface area (Å²) < 4.78 is 73.4. The molecule has 12 rings (SSSR count). The molecule has 3 unspecified atom stereocenters. The monoisotopic (exact) mass is 1350 g/mol. The first-order valence-electron chi connectivity index (χ1n) is 35.9. The summed E-state index contributed by atoms with van der Waals surface area (Å²) in [6, 6.07) is 42.8. The summed E-state index contributed by atoms with van der Waals surface area (Å²) in [6.45, 7) is 37.2. The maximum absolute atomic E-state index is 15.4. The highest BCUT2D eigenvalue weighted by atomic mass is 28.4. The molecule has 0 saturated carbocycles. The van der Waals surface area contributed by atoms with Gasteiger partial charge < -0.3 is 51.9 Å². The van der Waals surface area contributed by atoms with Crippen LogP contribution in [-0.2, 0) is 51.5 Å². The summed E-state index contributed by atoms with van der Waals surface area (Å²) in [5, 5.41) is 16.2. The van der Waals surface area contributed by atoms with Crippen molar-refractivity contribution in [3.63, 3.8) is 0 Å². The predicted octanol–water partition coefficient (Wildman–Crippen LogP) is 12.6. The van der Waals surface area contributed by atoms with E-state index >= 15 is 4.79 Å². The highest BCUT2D eigenvalue weighted by Crippen LogP contribution is 2.50. The lowest BCUT2D eigenvalue weighted by atomic mass is 9.78. The summed E-state index contributed by atoms with van der Waals surface area (Å²) in [4.78, 5) is 30.8. The number of aliphatic hydroxyl groups is 1. The zero-order valence-corrected chi connectivity index (χ0v) is 61.4. The first-order valence-corrected chi connectivity index (χ1v) is 39.8. The van der Waals surface area contributed by atoms with E-state index in [1.165, 1.54) is 0 Å². The molecule has 4 aromatic carbocycles. The zero-order valence-electron chi connectivity index (χ0n) is 59.4. The van der Waals surface area contributed by atoms with Gasteiger partial charge in [-0.05, 0) is 126 Å². The molecule has 0 aliphatic carbocycles. The number of hydrogen-bond donors (Lipinski definition) is 1. The van der Waals surface area contributed by atoms with E-state index < -0.39 is 99.1 Å². The van der Waals surface area contributed by atoms with Gasteiger partial charge in [-0.15, -0.1) is 0 Å². The minimum Gasteiger partial charge on any atom is -0.444 e. The number of benzene rings is 4. The van der Waals surface area contributed by atoms with E-state index in [0.29, 0.717) is 38.6 Å². The first kappa shape index (κ1) is 70.9. The van der Waals surface area contributed by atoms with Crippen LogP contribution in [0.1, 0.15) is 161 Å². The highest BCUT2D eigenvalue weighted by Gasteiger charge is 2.65. The van der Waals surface area contributed by atoms with Gasteiger partial charge in [0, 0.05) is 38.5 Å². The Morgan fingerprint density at radius 2 is 1.14 bits per heavy atom. The minimum absolute atomic E-state index is 0.0453. The van der Waals surface area contributed by atoms with E-state index in [-0.39, 0.29) is 85.5 Å². The lowest BCUT2D eigenvalue weighted by molar-refractivity contribution is -0.254. The summed E-state index contributed by atoms with van der Waals surface area (Å²) in [5.74, 6) is 0.101. The van der Waals surface area contributed by atoms with Crippen LogP contribution in [0.15, 0.2) is 158 Å². The van der Waals surface area contributed by atoms with Crippen molar-refractivity contribution in [2.45, 2.75) is 280 Å². The molecule has 8 aliphatic heterocycles. The van der Waals surface area contributed by atoms with Gasteiger partial charge in [-0.1, -0.05) is 202 Å². The second-order valence-electron chi connectivity index (χ2n) is 32.8. The molecule has 8 aliphatic rings. The summed E-state index contributed by atoms with van der Waals surface area (Å²) >= 11 is 0. The van der Waals surface area contributed by atoms with Gasteiger partial charge in [0.1, 0.15) is 47.6 Å². The van der Waals surface area contributed by atoms with Crippen LogP contribution >= 0.6 is 0 Å². The van der Waals surface area contributed by atoms with Crippen LogP contribution in [0, 0.1) is 17.8 Å². The van der Waals surface area contributed by atoms with Gasteiger partial charge >= 0.3 is 6.09 Å². The van der Waals surface area contributed by atoms with Crippen LogP contribution in [0.4, 0.5) is 4.79 Å². The Bertz CT molecular complexity index is 3290. The fourth-order valence-electron chi connectivity index (χ4n) is 17.6. The molecule has 16 heteroatoms. The first-order chi connectivity index (χ1) is 45.5. The van der Waals surface area contributed by atoms with E-state index in [0.717, 1.165) is 51.2 Å². The largest absolute Gasteiger partial charge is 0.444 e. The number of nitrogens with zero attached hydrogens (tertiary/aromatic N) is 1. The third-order valence-corrected chi connectivity index (χ3v) is 32.4. The van der Waals surface area contributed by atoms with E-state index in [1.807, 2.05) is 46.8 Å². The Morgan fingerprint density at radius 3 is 1.70 bits per heavy atom. The van der Waals surface area contributed by atoms with Gasteiger partial charge in [0.25, 0.3) is 16.6 Å². The van der Waals surface area contributed by atoms with Crippen molar-refractivity contribution in [1.82, 2.24) is 4.90 Å². The molecule has 0 spiro atoms. The number of Topliss-reactive ketones (excluding diaryl/α,β-unsaturated/α-hetero) is 1. The second-order valence-corrected chi connectivity index (χ2v) is 41.3. The van der Waals surface area contributed by atoms with E-state index in [1.54, 1.807) is 4.90 Å². The fourth-order valence-corrected chi connectivity index (χ4v) is 27.0. The topological polar surface area (TPSA) is 150 Å². The second kappa shape index (κ2) is 28.2. The zero-order chi connectivity index (χ0) is 68.3. The molecule has 7 saturated heterocycles. The predicted molar refractivity (Wildman–Crippen MR) is 380 cm³/mol. The number of rotatable bonds is 10. The summed E-state index contributed by atoms with van der Waals surface area (Å²) in [7, 11) is -6.74. The molecule has 8 heterocycles. The Labute approximate surface area is 574 Å². The van der Waals surface area contributed by atoms with Gasteiger partial charge in [-0.2, -0.15) is 0 Å². The number of ketones is 1. The van der Waals surface area contributed by atoms with Crippen molar-refractivity contribution in [2.75, 3.05) is 6.54 Å². The molecule has 0 radical (unpaired) electrons. The lowest BCUT2D eigenvalue weighted by Crippen LogP contribution is -2.73. The molecular formula is C80H109NO13Si2. The third-order valence-electron chi connectivity index (χ3n) is 22.4. The molecule has 8 bridgehead atoms. The lowest BCUT2D eigenvalue weighted by Gasteiger charge is -2.53. The summed E-state index contributed by atoms with van der Waals surface area (Å²) in [5.41, 5.74) is 0.505. The smallest absolute Gasteiger partial charge is 0.412 e. The molecule has 7 fully saturated rings. The Morgan fingerprint density at radius 1 is 0.594 bits per heavy atom. The molecule has 14 nitrogen and oxygen atoms in total. The fraction of sp³-hybridized carbons (Fsp3) is 0.600. The number of amides is 1. The van der Waals surface area contributed by atoms with Crippen LogP contribution in [0.2, 0.25) is 10.1 Å². The third kappa shape index (κ3) is 14.5. The number of carbonyl (C=O) groups excluding carboxylic acids is 2. The number of aliphatic hydroxyl groups excluding tert-OH is 1. The number of carbonyl (C=O) groups is 2. The van der Waals surface area contributed by atoms with Crippen molar-refractivity contribution in [3.8, 4) is 0 Å². The van der Waals surface area contributed by atoms with Crippen molar-refractivity contribution in [1.29, 1.82) is 0 Å². The average Bonchev–Trinajstić information content (AvgIpc) is 1.36. The van der Waals surface area contributed by atoms with Crippen molar-refractivity contribution < 1.29 is 61.4 Å². The van der Waals surface area contributed by atoms with Crippen molar-refractivity contribution in [3.05, 3.63) is 158 Å². The van der Waals surface area contributed by atoms with Crippen LogP contribution in [0.5, 0.6) is 0 Å². The van der Waals surface area contributed by atoms with E-state index in [4.69, 9.17) is 46.7 Å². The molecule has 19 atom stereocenters. The van der Waals surface area contributed by atoms with E-state index in [9.17, 15) is 9.90 Å². The Balaban J connectivity index is 0.937. The highest BCUT2D eigenvalue weighted by molar-refractivity contribution is 7.00. The van der Waals surface area contributed by atoms with Crippen molar-refractivity contribution >= 4 is 49.3 Å². The number of ether oxygens (including phenoxy) is 8. The van der Waals surface area contributed by atoms with Crippen LogP contribution < -0.4 is 20.7 Å². The van der Waals surface area contributed by atoms with Crippen molar-refractivity contribution in [2.24, 2.45) is 17.8 Å². The molecule has 96 heavy (non-hydrogen) atoms. The average molecular weight is 1350 g/mol. The molecule has 1 amide bonds. The van der Waals surface area contributed by atoms with Gasteiger partial charge in [0.2, 0.25) is 0 Å². The SMILES string of the molecule is C=C1C[C@@H]2/C=C/C(O)C[C@H]3O[C@H]4[C@@H](O[Si](c5ccccc5)(c5ccccc5)C(C)(C)C)[C@H]5O[C@H](CC[C@@H]5O[C@H]4[C@H]3O[Si](c3ccccc3)(c3ccccc3)C(C)(C)C)CC(=O)C[C@H]3C(C[C@H]4O[C@@H](CCC1O2)C[C@@H](C)C4=C)O[C@H](C[C@H]1CN(C(=O)OC(C)(C)C)C(C)(C)O1)[C@@H]3C. The van der Waals surface area contributed by atoms with Crippen LogP contribution in [0.3, 0.4) is 0 Å². The summed E-state index contributed by atoms with van der Waals surface area (Å²) in [6.07, 6.45) is 1.71. The quantitative estimate of drug-likeness (QED) is 0.119. The maximum atomic E-state index is 15.4.